The van der Waals surface area contributed by atoms with Crippen molar-refractivity contribution >= 4 is 73.8 Å². The second kappa shape index (κ2) is 11.6. The highest BCUT2D eigenvalue weighted by atomic mass is 35.5. The van der Waals surface area contributed by atoms with Gasteiger partial charge in [0.1, 0.15) is 11.4 Å². The van der Waals surface area contributed by atoms with Crippen LogP contribution in [0.15, 0.2) is 66.7 Å². The van der Waals surface area contributed by atoms with E-state index in [2.05, 4.69) is 9.72 Å². The summed E-state index contributed by atoms with van der Waals surface area (Å²) in [6.45, 7) is -0.108. The second-order valence-electron chi connectivity index (χ2n) is 10.6. The Morgan fingerprint density at radius 2 is 1.62 bits per heavy atom. The number of hydrogen-bond donors (Lipinski definition) is 3. The van der Waals surface area contributed by atoms with Gasteiger partial charge in [0.2, 0.25) is 0 Å². The number of anilines is 1. The van der Waals surface area contributed by atoms with Gasteiger partial charge in [-0.2, -0.15) is 13.2 Å². The Morgan fingerprint density at radius 3 is 2.13 bits per heavy atom. The number of aromatic nitrogens is 1. The van der Waals surface area contributed by atoms with Crippen molar-refractivity contribution in [3.05, 3.63) is 94.7 Å². The number of aliphatic hydroxyl groups is 1. The zero-order valence-electron chi connectivity index (χ0n) is 23.8. The van der Waals surface area contributed by atoms with Crippen LogP contribution in [0.4, 0.5) is 18.9 Å². The van der Waals surface area contributed by atoms with Crippen molar-refractivity contribution in [3.8, 4) is 5.75 Å². The minimum atomic E-state index is -4.95. The van der Waals surface area contributed by atoms with Crippen LogP contribution in [0.2, 0.25) is 0 Å². The van der Waals surface area contributed by atoms with E-state index < -0.39 is 41.0 Å². The number of rotatable bonds is 6. The van der Waals surface area contributed by atoms with Crippen molar-refractivity contribution in [2.75, 3.05) is 31.0 Å². The molecule has 1 aliphatic heterocycles. The third kappa shape index (κ3) is 5.00. The molecule has 7 nitrogen and oxygen atoms in total. The van der Waals surface area contributed by atoms with Crippen LogP contribution >= 0.6 is 11.6 Å². The van der Waals surface area contributed by atoms with Gasteiger partial charge >= 0.3 is 12.1 Å². The van der Waals surface area contributed by atoms with E-state index in [1.165, 1.54) is 17.0 Å². The van der Waals surface area contributed by atoms with Crippen molar-refractivity contribution in [1.82, 2.24) is 4.98 Å². The smallest absolute Gasteiger partial charge is 0.432 e. The monoisotopic (exact) mass is 634 g/mol. The largest absolute Gasteiger partial charge is 0.506 e. The van der Waals surface area contributed by atoms with Crippen LogP contribution in [0.3, 0.4) is 0 Å². The maximum atomic E-state index is 14.0. The Bertz CT molecular complexity index is 2010. The molecule has 3 N–H and O–H groups in total. The van der Waals surface area contributed by atoms with E-state index in [9.17, 15) is 33.0 Å². The van der Waals surface area contributed by atoms with Gasteiger partial charge in [0, 0.05) is 35.9 Å². The van der Waals surface area contributed by atoms with E-state index in [0.29, 0.717) is 0 Å². The third-order valence-electron chi connectivity index (χ3n) is 8.10. The second-order valence-corrected chi connectivity index (χ2v) is 10.9. The highest BCUT2D eigenvalue weighted by molar-refractivity contribution is 6.20. The number of aromatic hydroxyl groups is 1. The third-order valence-corrected chi connectivity index (χ3v) is 8.47. The molecule has 1 atom stereocenters. The van der Waals surface area contributed by atoms with E-state index in [-0.39, 0.29) is 41.2 Å². The van der Waals surface area contributed by atoms with Crippen LogP contribution in [0.5, 0.6) is 5.75 Å². The van der Waals surface area contributed by atoms with Crippen LogP contribution in [0.25, 0.3) is 44.6 Å². The molecule has 1 aliphatic rings. The molecule has 11 heteroatoms. The van der Waals surface area contributed by atoms with E-state index in [1.807, 2.05) is 54.6 Å². The number of amides is 1. The molecule has 0 fully saturated rings. The lowest BCUT2D eigenvalue weighted by Crippen LogP contribution is -2.28. The summed E-state index contributed by atoms with van der Waals surface area (Å²) in [5.41, 5.74) is -0.351. The lowest BCUT2D eigenvalue weighted by atomic mass is 9.91. The Balaban J connectivity index is 1.50. The zero-order valence-corrected chi connectivity index (χ0v) is 24.5. The molecule has 0 aliphatic carbocycles. The molecule has 230 valence electrons. The van der Waals surface area contributed by atoms with Crippen LogP contribution < -0.4 is 4.90 Å². The number of halogens is 4. The van der Waals surface area contributed by atoms with Gasteiger partial charge in [0.05, 0.1) is 30.5 Å². The highest BCUT2D eigenvalue weighted by Crippen LogP contribution is 2.49. The van der Waals surface area contributed by atoms with Gasteiger partial charge in [-0.15, -0.1) is 11.6 Å². The number of alkyl halides is 4. The van der Waals surface area contributed by atoms with Crippen molar-refractivity contribution in [2.24, 2.45) is 0 Å². The number of phenolic OH excluding ortho intramolecular Hbond substituents is 1. The quantitative estimate of drug-likeness (QED) is 0.0783. The molecular formula is C34H26ClF3N2O5. The van der Waals surface area contributed by atoms with Gasteiger partial charge in [0.15, 0.2) is 0 Å². The van der Waals surface area contributed by atoms with E-state index in [1.54, 1.807) is 12.2 Å². The number of nitrogens with one attached hydrogen (secondary N) is 1. The number of fused-ring (bicyclic) bond motifs is 5. The number of hydrogen-bond acceptors (Lipinski definition) is 5. The van der Waals surface area contributed by atoms with Crippen LogP contribution in [0.1, 0.15) is 38.7 Å². The average Bonchev–Trinajstić information content (AvgIpc) is 3.62. The number of H-pyrrole nitrogens is 1. The molecule has 0 spiro atoms. The van der Waals surface area contributed by atoms with Gasteiger partial charge in [-0.05, 0) is 44.3 Å². The van der Waals surface area contributed by atoms with Gasteiger partial charge in [-0.1, -0.05) is 60.7 Å². The predicted octanol–water partition coefficient (Wildman–Crippen LogP) is 7.37. The van der Waals surface area contributed by atoms with Crippen molar-refractivity contribution in [3.63, 3.8) is 0 Å². The summed E-state index contributed by atoms with van der Waals surface area (Å²) in [7, 11) is 0.965. The number of carbonyl (C=O) groups excluding carboxylic acids is 2. The van der Waals surface area contributed by atoms with Crippen molar-refractivity contribution < 1.29 is 37.7 Å². The first-order valence-electron chi connectivity index (χ1n) is 13.9. The normalized spacial score (nSPS) is 15.2. The fraction of sp³-hybridized carbons (Fsp3) is 0.176. The fourth-order valence-corrected chi connectivity index (χ4v) is 6.49. The molecule has 4 aromatic carbocycles. The summed E-state index contributed by atoms with van der Waals surface area (Å²) in [6, 6.07) is 16.6. The summed E-state index contributed by atoms with van der Waals surface area (Å²) in [4.78, 5) is 30.0. The first-order valence-corrected chi connectivity index (χ1v) is 14.5. The van der Waals surface area contributed by atoms with E-state index in [0.717, 1.165) is 39.8 Å². The van der Waals surface area contributed by atoms with E-state index in [4.69, 9.17) is 11.6 Å². The molecule has 6 rings (SSSR count). The maximum Gasteiger partial charge on any atom is 0.432 e. The van der Waals surface area contributed by atoms with Gasteiger partial charge < -0.3 is 24.8 Å². The topological polar surface area (TPSA) is 103 Å². The average molecular weight is 635 g/mol. The number of phenols is 1. The number of nitrogens with zero attached hydrogens (tertiary/aromatic N) is 1. The Morgan fingerprint density at radius 1 is 1.04 bits per heavy atom. The van der Waals surface area contributed by atoms with Crippen molar-refractivity contribution in [1.29, 1.82) is 0 Å². The number of esters is 1. The lowest BCUT2D eigenvalue weighted by Gasteiger charge is -2.17. The molecule has 0 saturated carbocycles. The first kappa shape index (κ1) is 30.2. The summed E-state index contributed by atoms with van der Waals surface area (Å²) in [5, 5.41) is 23.6. The maximum absolute atomic E-state index is 14.0. The number of aliphatic hydroxyl groups excluding tert-OH is 1. The van der Waals surface area contributed by atoms with Crippen LogP contribution in [-0.2, 0) is 15.7 Å². The van der Waals surface area contributed by atoms with Gasteiger partial charge in [-0.3, -0.25) is 4.79 Å². The summed E-state index contributed by atoms with van der Waals surface area (Å²) >= 11 is 6.27. The fourth-order valence-electron chi connectivity index (χ4n) is 6.24. The Hall–Kier alpha value is -4.80. The Labute approximate surface area is 259 Å². The standard InChI is InChI=1S/C34H26ClF3N2O5/c1-45-33(44)30-29-28-18(16-35)17-40(25(28)15-26(42)31(29)39-32(30)34(36,37)38)27(43)13-12-24-21-9-4-2-7-19(21)23(11-6-14-41)20-8-3-5-10-22(20)24/h2-13,15,18,39,41-42H,14,16-17H2,1H3/b11-6+,13-12+. The Kier molecular flexibility index (Phi) is 7.80. The minimum Gasteiger partial charge on any atom is -0.506 e. The molecule has 5 aromatic rings. The molecule has 1 aromatic heterocycles. The van der Waals surface area contributed by atoms with E-state index >= 15 is 0 Å². The number of ether oxygens (including phenoxy) is 1. The summed E-state index contributed by atoms with van der Waals surface area (Å²) in [6.07, 6.45) is 1.63. The molecule has 2 heterocycles. The molecule has 0 bridgehead atoms. The highest BCUT2D eigenvalue weighted by Gasteiger charge is 2.43. The number of aromatic amines is 1. The molecule has 1 amide bonds. The number of benzene rings is 4. The van der Waals surface area contributed by atoms with Crippen LogP contribution in [-0.4, -0.2) is 53.2 Å². The molecular weight excluding hydrogens is 609 g/mol. The first-order chi connectivity index (χ1) is 21.6. The van der Waals surface area contributed by atoms with Gasteiger partial charge in [-0.25, -0.2) is 4.79 Å². The van der Waals surface area contributed by atoms with Crippen LogP contribution in [0, 0.1) is 0 Å². The van der Waals surface area contributed by atoms with Gasteiger partial charge in [0.25, 0.3) is 5.91 Å². The minimum absolute atomic E-state index is 0.0140. The number of carbonyl (C=O) groups is 2. The predicted molar refractivity (Wildman–Crippen MR) is 169 cm³/mol. The zero-order chi connectivity index (χ0) is 32.0. The lowest BCUT2D eigenvalue weighted by molar-refractivity contribution is -0.141. The SMILES string of the molecule is COC(=O)c1c(C(F)(F)F)[nH]c2c(O)cc3c(c12)C(CCl)CN3C(=O)/C=C/c1c2ccccc2c(/C=C/CO)c2ccccc12. The summed E-state index contributed by atoms with van der Waals surface area (Å²) in [5.74, 6) is -3.00. The molecule has 1 unspecified atom stereocenters. The number of methoxy groups -OCH3 is 1. The summed E-state index contributed by atoms with van der Waals surface area (Å²) < 4.78 is 46.6. The molecule has 0 saturated heterocycles. The molecule has 0 radical (unpaired) electrons. The molecule has 45 heavy (non-hydrogen) atoms. The van der Waals surface area contributed by atoms with Crippen molar-refractivity contribution in [2.45, 2.75) is 12.1 Å².